The average molecular weight is 258 g/mol. The minimum absolute atomic E-state index is 0.728. The van der Waals surface area contributed by atoms with Crippen molar-refractivity contribution < 1.29 is 0 Å². The first-order valence-electron chi connectivity index (χ1n) is 8.12. The predicted molar refractivity (Wildman–Crippen MR) is 78.0 cm³/mol. The van der Waals surface area contributed by atoms with Gasteiger partial charge in [0.2, 0.25) is 0 Å². The number of hydrogen-bond donors (Lipinski definition) is 2. The molecule has 4 aliphatic rings. The molecule has 0 radical (unpaired) electrons. The van der Waals surface area contributed by atoms with Crippen molar-refractivity contribution in [2.45, 2.75) is 38.0 Å². The molecule has 4 saturated carbocycles. The van der Waals surface area contributed by atoms with Gasteiger partial charge in [-0.3, -0.25) is 0 Å². The molecule has 104 valence electrons. The van der Waals surface area contributed by atoms with E-state index in [9.17, 15) is 0 Å². The molecule has 0 amide bonds. The summed E-state index contributed by atoms with van der Waals surface area (Å²) in [4.78, 5) is 3.26. The van der Waals surface area contributed by atoms with Crippen molar-refractivity contribution in [2.24, 2.45) is 29.6 Å². The monoisotopic (exact) mass is 258 g/mol. The lowest BCUT2D eigenvalue weighted by molar-refractivity contribution is -0.0475. The van der Waals surface area contributed by atoms with E-state index >= 15 is 0 Å². The smallest absolute Gasteiger partial charge is 0.00407 e. The largest absolute Gasteiger partial charge is 0.367 e. The second-order valence-corrected chi connectivity index (χ2v) is 7.32. The molecule has 4 aliphatic carbocycles. The van der Waals surface area contributed by atoms with Crippen molar-refractivity contribution >= 4 is 0 Å². The molecule has 1 unspecified atom stereocenters. The Morgan fingerprint density at radius 1 is 1.16 bits per heavy atom. The fourth-order valence-corrected chi connectivity index (χ4v) is 5.89. The van der Waals surface area contributed by atoms with Crippen LogP contribution < -0.4 is 5.32 Å². The van der Waals surface area contributed by atoms with E-state index in [1.165, 1.54) is 31.2 Å². The molecule has 1 atom stereocenters. The molecule has 0 saturated heterocycles. The summed E-state index contributed by atoms with van der Waals surface area (Å²) >= 11 is 0. The third kappa shape index (κ3) is 1.96. The van der Waals surface area contributed by atoms with Gasteiger partial charge < -0.3 is 10.3 Å². The minimum atomic E-state index is 0.728. The van der Waals surface area contributed by atoms with Gasteiger partial charge in [0.25, 0.3) is 0 Å². The first kappa shape index (κ1) is 12.0. The molecule has 2 nitrogen and oxygen atoms in total. The van der Waals surface area contributed by atoms with Crippen molar-refractivity contribution in [3.63, 3.8) is 0 Å². The second-order valence-electron chi connectivity index (χ2n) is 7.32. The number of aromatic nitrogens is 1. The van der Waals surface area contributed by atoms with Crippen molar-refractivity contribution in [3.05, 3.63) is 24.0 Å². The predicted octanol–water partition coefficient (Wildman–Crippen LogP) is 3.39. The van der Waals surface area contributed by atoms with Gasteiger partial charge >= 0.3 is 0 Å². The first-order valence-corrected chi connectivity index (χ1v) is 8.12. The lowest BCUT2D eigenvalue weighted by Crippen LogP contribution is -2.48. The van der Waals surface area contributed by atoms with E-state index in [1.54, 1.807) is 6.42 Å². The molecule has 0 aliphatic heterocycles. The number of H-pyrrole nitrogens is 1. The van der Waals surface area contributed by atoms with Crippen LogP contribution in [-0.2, 0) is 0 Å². The maximum Gasteiger partial charge on any atom is 0.00407 e. The van der Waals surface area contributed by atoms with Crippen LogP contribution in [0.15, 0.2) is 18.5 Å². The minimum Gasteiger partial charge on any atom is -0.367 e. The van der Waals surface area contributed by atoms with E-state index < -0.39 is 0 Å². The van der Waals surface area contributed by atoms with Crippen molar-refractivity contribution in [2.75, 3.05) is 13.6 Å². The Balaban J connectivity index is 1.62. The Labute approximate surface area is 116 Å². The van der Waals surface area contributed by atoms with E-state index in [1.807, 2.05) is 0 Å². The lowest BCUT2D eigenvalue weighted by Gasteiger charge is -2.56. The summed E-state index contributed by atoms with van der Waals surface area (Å²) in [5, 5.41) is 3.45. The Bertz CT molecular complexity index is 394. The molecular formula is C17H26N2. The Hall–Kier alpha value is -0.760. The SMILES string of the molecule is CNCC(c1cc[nH]c1)C1C2CC3CC(C2)CC1C3. The van der Waals surface area contributed by atoms with Crippen LogP contribution in [-0.4, -0.2) is 18.6 Å². The van der Waals surface area contributed by atoms with Gasteiger partial charge in [-0.05, 0) is 80.4 Å². The molecule has 0 spiro atoms. The molecule has 4 fully saturated rings. The molecular weight excluding hydrogens is 232 g/mol. The van der Waals surface area contributed by atoms with Gasteiger partial charge in [-0.15, -0.1) is 0 Å². The summed E-state index contributed by atoms with van der Waals surface area (Å²) < 4.78 is 0. The second kappa shape index (κ2) is 4.66. The summed E-state index contributed by atoms with van der Waals surface area (Å²) in [6.07, 6.45) is 12.0. The molecule has 1 heterocycles. The third-order valence-corrected chi connectivity index (χ3v) is 6.24. The van der Waals surface area contributed by atoms with Gasteiger partial charge in [0.1, 0.15) is 0 Å². The van der Waals surface area contributed by atoms with Crippen LogP contribution in [0.3, 0.4) is 0 Å². The molecule has 19 heavy (non-hydrogen) atoms. The number of nitrogens with one attached hydrogen (secondary N) is 2. The van der Waals surface area contributed by atoms with Crippen LogP contribution in [0.4, 0.5) is 0 Å². The van der Waals surface area contributed by atoms with Crippen molar-refractivity contribution in [1.82, 2.24) is 10.3 Å². The summed E-state index contributed by atoms with van der Waals surface area (Å²) in [6.45, 7) is 1.14. The molecule has 1 aromatic heterocycles. The third-order valence-electron chi connectivity index (χ3n) is 6.24. The van der Waals surface area contributed by atoms with E-state index in [4.69, 9.17) is 0 Å². The van der Waals surface area contributed by atoms with Gasteiger partial charge in [0.15, 0.2) is 0 Å². The highest BCUT2D eigenvalue weighted by molar-refractivity contribution is 5.19. The summed E-state index contributed by atoms with van der Waals surface area (Å²) in [7, 11) is 2.11. The highest BCUT2D eigenvalue weighted by atomic mass is 14.8. The summed E-state index contributed by atoms with van der Waals surface area (Å²) in [6, 6.07) is 2.30. The summed E-state index contributed by atoms with van der Waals surface area (Å²) in [5.41, 5.74) is 1.53. The lowest BCUT2D eigenvalue weighted by atomic mass is 9.49. The molecule has 0 aromatic carbocycles. The van der Waals surface area contributed by atoms with Crippen LogP contribution >= 0.6 is 0 Å². The van der Waals surface area contributed by atoms with E-state index in [0.717, 1.165) is 42.1 Å². The standard InChI is InChI=1S/C17H26N2/c1-18-10-16(13-2-3-19-9-13)17-14-5-11-4-12(7-14)8-15(17)6-11/h2-3,9,11-12,14-19H,4-8,10H2,1H3. The summed E-state index contributed by atoms with van der Waals surface area (Å²) in [5.74, 6) is 5.87. The zero-order valence-corrected chi connectivity index (χ0v) is 11.9. The van der Waals surface area contributed by atoms with Gasteiger partial charge in [-0.25, -0.2) is 0 Å². The average Bonchev–Trinajstić information content (AvgIpc) is 2.89. The fourth-order valence-electron chi connectivity index (χ4n) is 5.89. The Morgan fingerprint density at radius 2 is 1.84 bits per heavy atom. The molecule has 4 bridgehead atoms. The molecule has 2 N–H and O–H groups in total. The number of rotatable bonds is 4. The highest BCUT2D eigenvalue weighted by Crippen LogP contribution is 2.59. The van der Waals surface area contributed by atoms with Crippen molar-refractivity contribution in [1.29, 1.82) is 0 Å². The highest BCUT2D eigenvalue weighted by Gasteiger charge is 2.50. The van der Waals surface area contributed by atoms with Gasteiger partial charge in [-0.2, -0.15) is 0 Å². The quantitative estimate of drug-likeness (QED) is 0.851. The normalized spacial score (nSPS) is 41.6. The van der Waals surface area contributed by atoms with E-state index in [0.29, 0.717) is 0 Å². The van der Waals surface area contributed by atoms with Crippen LogP contribution in [0.2, 0.25) is 0 Å². The topological polar surface area (TPSA) is 27.8 Å². The molecule has 2 heteroatoms. The van der Waals surface area contributed by atoms with Crippen molar-refractivity contribution in [3.8, 4) is 0 Å². The van der Waals surface area contributed by atoms with Crippen LogP contribution in [0.1, 0.15) is 43.6 Å². The molecule has 1 aromatic rings. The number of likely N-dealkylation sites (N-methyl/N-ethyl adjacent to an activating group) is 1. The zero-order valence-electron chi connectivity index (χ0n) is 11.9. The Morgan fingerprint density at radius 3 is 2.37 bits per heavy atom. The van der Waals surface area contributed by atoms with E-state index in [2.05, 4.69) is 35.8 Å². The van der Waals surface area contributed by atoms with Crippen LogP contribution in [0, 0.1) is 29.6 Å². The van der Waals surface area contributed by atoms with Gasteiger partial charge in [0.05, 0.1) is 0 Å². The van der Waals surface area contributed by atoms with Crippen LogP contribution in [0.5, 0.6) is 0 Å². The maximum atomic E-state index is 3.45. The fraction of sp³-hybridized carbons (Fsp3) is 0.765. The molecule has 5 rings (SSSR count). The number of hydrogen-bond acceptors (Lipinski definition) is 1. The van der Waals surface area contributed by atoms with Gasteiger partial charge in [-0.1, -0.05) is 0 Å². The van der Waals surface area contributed by atoms with Gasteiger partial charge in [0, 0.05) is 24.9 Å². The maximum absolute atomic E-state index is 3.45. The van der Waals surface area contributed by atoms with E-state index in [-0.39, 0.29) is 0 Å². The Kier molecular flexibility index (Phi) is 2.95. The first-order chi connectivity index (χ1) is 9.35. The van der Waals surface area contributed by atoms with Crippen LogP contribution in [0.25, 0.3) is 0 Å². The number of aromatic amines is 1. The zero-order chi connectivity index (χ0) is 12.8.